The molecular formula is C42H30S4. The Hall–Kier alpha value is -4.26. The Labute approximate surface area is 291 Å². The highest BCUT2D eigenvalue weighted by molar-refractivity contribution is 7.99. The maximum absolute atomic E-state index is 3.41. The van der Waals surface area contributed by atoms with Crippen molar-refractivity contribution in [1.29, 1.82) is 0 Å². The average Bonchev–Trinajstić information content (AvgIpc) is 3.12. The Morgan fingerprint density at radius 1 is 0.283 bits per heavy atom. The van der Waals surface area contributed by atoms with Crippen LogP contribution in [0.2, 0.25) is 0 Å². The molecule has 0 aliphatic heterocycles. The van der Waals surface area contributed by atoms with Crippen LogP contribution in [0.4, 0.5) is 0 Å². The van der Waals surface area contributed by atoms with Crippen molar-refractivity contribution < 1.29 is 0 Å². The number of hydrogen-bond donors (Lipinski definition) is 0. The maximum atomic E-state index is 3.41. The largest absolute Gasteiger partial charge is 0.130 e. The highest BCUT2D eigenvalue weighted by Gasteiger charge is 2.07. The molecule has 0 fully saturated rings. The molecule has 0 atom stereocenters. The Morgan fingerprint density at radius 3 is 0.652 bits per heavy atom. The summed E-state index contributed by atoms with van der Waals surface area (Å²) in [6.45, 7) is 0. The fourth-order valence-corrected chi connectivity index (χ4v) is 5.90. The van der Waals surface area contributed by atoms with E-state index in [9.17, 15) is 0 Å². The topological polar surface area (TPSA) is 0 Å². The van der Waals surface area contributed by atoms with Gasteiger partial charge in [0.2, 0.25) is 0 Å². The highest BCUT2D eigenvalue weighted by Crippen LogP contribution is 2.20. The quantitative estimate of drug-likeness (QED) is 0.139. The standard InChI is InChI=1S/C42H30S4/c1-43-39-21-9-31(10-22-39)5-17-35-29-37(19-7-33-13-25-41(45-3)26-14-33)38(20-8-34-15-27-42(46-4)28-16-34)30-36(35)18-6-32-11-23-40(44-2)24-12-32/h9-16,21-30H,1-4H3. The minimum atomic E-state index is 0.819. The number of hydrogen-bond acceptors (Lipinski definition) is 4. The second-order valence-corrected chi connectivity index (χ2v) is 13.4. The van der Waals surface area contributed by atoms with Crippen molar-refractivity contribution in [2.75, 3.05) is 25.0 Å². The molecule has 0 aromatic heterocycles. The average molecular weight is 663 g/mol. The van der Waals surface area contributed by atoms with E-state index in [0.717, 1.165) is 44.5 Å². The van der Waals surface area contributed by atoms with Crippen LogP contribution in [0.5, 0.6) is 0 Å². The third-order valence-electron chi connectivity index (χ3n) is 6.88. The number of thioether (sulfide) groups is 4. The summed E-state index contributed by atoms with van der Waals surface area (Å²) in [5.41, 5.74) is 7.06. The van der Waals surface area contributed by atoms with Crippen LogP contribution in [0.1, 0.15) is 44.5 Å². The van der Waals surface area contributed by atoms with Gasteiger partial charge in [0.25, 0.3) is 0 Å². The molecule has 4 heteroatoms. The molecule has 0 amide bonds. The van der Waals surface area contributed by atoms with E-state index < -0.39 is 0 Å². The van der Waals surface area contributed by atoms with Crippen molar-refractivity contribution in [2.24, 2.45) is 0 Å². The summed E-state index contributed by atoms with van der Waals surface area (Å²) in [6.07, 6.45) is 8.29. The fourth-order valence-electron chi connectivity index (χ4n) is 4.27. The van der Waals surface area contributed by atoms with Gasteiger partial charge < -0.3 is 0 Å². The molecule has 0 unspecified atom stereocenters. The first kappa shape index (κ1) is 33.1. The van der Waals surface area contributed by atoms with Crippen LogP contribution in [-0.4, -0.2) is 25.0 Å². The molecule has 5 aromatic carbocycles. The molecule has 5 aromatic rings. The second kappa shape index (κ2) is 16.9. The van der Waals surface area contributed by atoms with Crippen molar-refractivity contribution in [3.63, 3.8) is 0 Å². The van der Waals surface area contributed by atoms with E-state index in [-0.39, 0.29) is 0 Å². The van der Waals surface area contributed by atoms with Crippen molar-refractivity contribution >= 4 is 47.0 Å². The molecule has 0 aliphatic rings. The van der Waals surface area contributed by atoms with Gasteiger partial charge in [-0.1, -0.05) is 47.4 Å². The van der Waals surface area contributed by atoms with Gasteiger partial charge in [-0.2, -0.15) is 0 Å². The van der Waals surface area contributed by atoms with Crippen molar-refractivity contribution in [1.82, 2.24) is 0 Å². The van der Waals surface area contributed by atoms with Crippen LogP contribution >= 0.6 is 47.0 Å². The van der Waals surface area contributed by atoms with E-state index >= 15 is 0 Å². The molecule has 0 bridgehead atoms. The molecule has 0 nitrogen and oxygen atoms in total. The Balaban J connectivity index is 1.64. The van der Waals surface area contributed by atoms with Crippen molar-refractivity contribution in [2.45, 2.75) is 19.6 Å². The molecule has 5 rings (SSSR count). The lowest BCUT2D eigenvalue weighted by Crippen LogP contribution is -1.93. The van der Waals surface area contributed by atoms with Gasteiger partial charge in [-0.3, -0.25) is 0 Å². The zero-order chi connectivity index (χ0) is 32.1. The monoisotopic (exact) mass is 662 g/mol. The number of benzene rings is 5. The van der Waals surface area contributed by atoms with Crippen LogP contribution in [0.25, 0.3) is 0 Å². The van der Waals surface area contributed by atoms with Crippen molar-refractivity contribution in [3.05, 3.63) is 154 Å². The summed E-state index contributed by atoms with van der Waals surface area (Å²) < 4.78 is 0. The van der Waals surface area contributed by atoms with E-state index in [2.05, 4.69) is 169 Å². The molecule has 0 heterocycles. The lowest BCUT2D eigenvalue weighted by Gasteiger charge is -2.04. The third-order valence-corrected chi connectivity index (χ3v) is 9.86. The van der Waals surface area contributed by atoms with Gasteiger partial charge in [-0.05, 0) is 134 Å². The van der Waals surface area contributed by atoms with E-state index in [0.29, 0.717) is 0 Å². The minimum Gasteiger partial charge on any atom is -0.130 e. The zero-order valence-corrected chi connectivity index (χ0v) is 29.3. The van der Waals surface area contributed by atoms with Gasteiger partial charge in [0.15, 0.2) is 0 Å². The summed E-state index contributed by atoms with van der Waals surface area (Å²) in [5.74, 6) is 27.0. The van der Waals surface area contributed by atoms with Crippen LogP contribution in [-0.2, 0) is 0 Å². The first-order valence-electron chi connectivity index (χ1n) is 14.4. The van der Waals surface area contributed by atoms with Crippen molar-refractivity contribution in [3.8, 4) is 47.4 Å². The second-order valence-electron chi connectivity index (χ2n) is 9.86. The molecule has 0 saturated carbocycles. The molecule has 46 heavy (non-hydrogen) atoms. The Morgan fingerprint density at radius 2 is 0.478 bits per heavy atom. The summed E-state index contributed by atoms with van der Waals surface area (Å²) in [6, 6.07) is 37.3. The summed E-state index contributed by atoms with van der Waals surface area (Å²) in [5, 5.41) is 0. The van der Waals surface area contributed by atoms with Gasteiger partial charge >= 0.3 is 0 Å². The third kappa shape index (κ3) is 9.38. The molecule has 0 aliphatic carbocycles. The van der Waals surface area contributed by atoms with Crippen LogP contribution in [0, 0.1) is 47.4 Å². The summed E-state index contributed by atoms with van der Waals surface area (Å²) >= 11 is 6.87. The minimum absolute atomic E-state index is 0.819. The van der Waals surface area contributed by atoms with Gasteiger partial charge in [-0.25, -0.2) is 0 Å². The molecule has 0 saturated heterocycles. The highest BCUT2D eigenvalue weighted by atomic mass is 32.2. The lowest BCUT2D eigenvalue weighted by atomic mass is 9.97. The predicted molar refractivity (Wildman–Crippen MR) is 203 cm³/mol. The van der Waals surface area contributed by atoms with Crippen LogP contribution < -0.4 is 0 Å². The van der Waals surface area contributed by atoms with Gasteiger partial charge in [-0.15, -0.1) is 47.0 Å². The molecule has 0 radical (unpaired) electrons. The Kier molecular flexibility index (Phi) is 12.2. The maximum Gasteiger partial charge on any atom is 0.0419 e. The smallest absolute Gasteiger partial charge is 0.0419 e. The SMILES string of the molecule is CSc1ccc(C#Cc2cc(C#Cc3ccc(SC)cc3)c(C#Cc3ccc(SC)cc3)cc2C#Cc2ccc(SC)cc2)cc1. The van der Waals surface area contributed by atoms with Crippen LogP contribution in [0.15, 0.2) is 129 Å². The molecular weight excluding hydrogens is 633 g/mol. The normalized spacial score (nSPS) is 9.83. The van der Waals surface area contributed by atoms with Gasteiger partial charge in [0.1, 0.15) is 0 Å². The van der Waals surface area contributed by atoms with Gasteiger partial charge in [0.05, 0.1) is 0 Å². The lowest BCUT2D eigenvalue weighted by molar-refractivity contribution is 1.44. The molecule has 0 N–H and O–H groups in total. The van der Waals surface area contributed by atoms with E-state index in [1.165, 1.54) is 19.6 Å². The molecule has 222 valence electrons. The first-order valence-corrected chi connectivity index (χ1v) is 19.3. The summed E-state index contributed by atoms with van der Waals surface area (Å²) in [7, 11) is 0. The van der Waals surface area contributed by atoms with Crippen LogP contribution in [0.3, 0.4) is 0 Å². The van der Waals surface area contributed by atoms with E-state index in [1.54, 1.807) is 47.0 Å². The first-order chi connectivity index (χ1) is 22.6. The molecule has 0 spiro atoms. The fraction of sp³-hybridized carbons (Fsp3) is 0.0952. The van der Waals surface area contributed by atoms with E-state index in [4.69, 9.17) is 0 Å². The number of rotatable bonds is 4. The Bertz CT molecular complexity index is 1760. The van der Waals surface area contributed by atoms with Gasteiger partial charge in [0, 0.05) is 64.1 Å². The zero-order valence-electron chi connectivity index (χ0n) is 26.0. The summed E-state index contributed by atoms with van der Waals surface area (Å²) in [4.78, 5) is 4.83. The van der Waals surface area contributed by atoms with E-state index in [1.807, 2.05) is 12.1 Å². The predicted octanol–water partition coefficient (Wildman–Crippen LogP) is 10.2.